The smallest absolute Gasteiger partial charge is 0.330 e. The summed E-state index contributed by atoms with van der Waals surface area (Å²) in [5, 5.41) is 9.48. The molecule has 0 aliphatic carbocycles. The Labute approximate surface area is 195 Å². The van der Waals surface area contributed by atoms with Crippen molar-refractivity contribution in [3.63, 3.8) is 0 Å². The molecule has 0 aliphatic rings. The Kier molecular flexibility index (Phi) is 14.1. The van der Waals surface area contributed by atoms with Gasteiger partial charge in [0.25, 0.3) is 0 Å². The van der Waals surface area contributed by atoms with E-state index >= 15 is 0 Å². The fourth-order valence-electron chi connectivity index (χ4n) is 2.00. The highest BCUT2D eigenvalue weighted by Crippen LogP contribution is 2.24. The van der Waals surface area contributed by atoms with Gasteiger partial charge in [0, 0.05) is 18.2 Å². The van der Waals surface area contributed by atoms with Gasteiger partial charge in [0.05, 0.1) is 23.4 Å². The standard InChI is InChI=1S/C14H18O7.C9H6N2O2/c1-4-11(16)19-8-14(7-15,9-20-12(17)5-2)10-21-13(18)6-3;1-7-2-3-8(10-5-12)4-9(7)11-6-13/h4-6,15H,1-3,7-10H2;2-4H,1H3. The van der Waals surface area contributed by atoms with Crippen molar-refractivity contribution in [2.24, 2.45) is 15.4 Å². The topological polar surface area (TPSA) is 158 Å². The van der Waals surface area contributed by atoms with Crippen LogP contribution in [0.1, 0.15) is 5.56 Å². The van der Waals surface area contributed by atoms with Gasteiger partial charge >= 0.3 is 17.9 Å². The molecule has 180 valence electrons. The summed E-state index contributed by atoms with van der Waals surface area (Å²) < 4.78 is 14.5. The summed E-state index contributed by atoms with van der Waals surface area (Å²) in [4.78, 5) is 60.1. The Bertz CT molecular complexity index is 944. The molecule has 0 aliphatic heterocycles. The zero-order valence-corrected chi connectivity index (χ0v) is 18.5. The minimum absolute atomic E-state index is 0.330. The van der Waals surface area contributed by atoms with Crippen LogP contribution in [0, 0.1) is 12.3 Å². The van der Waals surface area contributed by atoms with E-state index in [0.29, 0.717) is 11.4 Å². The van der Waals surface area contributed by atoms with Gasteiger partial charge in [-0.1, -0.05) is 25.8 Å². The number of aliphatic imine (C=N–C) groups is 2. The van der Waals surface area contributed by atoms with E-state index in [9.17, 15) is 29.1 Å². The normalized spacial score (nSPS) is 9.47. The Morgan fingerprint density at radius 1 is 0.912 bits per heavy atom. The van der Waals surface area contributed by atoms with Gasteiger partial charge < -0.3 is 19.3 Å². The zero-order valence-electron chi connectivity index (χ0n) is 18.5. The molecular formula is C23H24N2O9. The summed E-state index contributed by atoms with van der Waals surface area (Å²) in [6, 6.07) is 4.88. The van der Waals surface area contributed by atoms with Gasteiger partial charge in [0.1, 0.15) is 19.8 Å². The predicted molar refractivity (Wildman–Crippen MR) is 120 cm³/mol. The lowest BCUT2D eigenvalue weighted by Gasteiger charge is -2.29. The van der Waals surface area contributed by atoms with Crippen molar-refractivity contribution in [2.75, 3.05) is 26.4 Å². The van der Waals surface area contributed by atoms with E-state index in [1.54, 1.807) is 19.1 Å². The number of aryl methyl sites for hydroxylation is 1. The molecule has 0 aromatic heterocycles. The van der Waals surface area contributed by atoms with Gasteiger partial charge in [-0.05, 0) is 24.6 Å². The first kappa shape index (κ1) is 29.6. The predicted octanol–water partition coefficient (Wildman–Crippen LogP) is 2.08. The van der Waals surface area contributed by atoms with Crippen LogP contribution in [0.5, 0.6) is 0 Å². The average molecular weight is 472 g/mol. The highest BCUT2D eigenvalue weighted by molar-refractivity contribution is 5.82. The second-order valence-corrected chi connectivity index (χ2v) is 6.47. The molecule has 0 atom stereocenters. The van der Waals surface area contributed by atoms with E-state index in [0.717, 1.165) is 23.8 Å². The monoisotopic (exact) mass is 472 g/mol. The highest BCUT2D eigenvalue weighted by Gasteiger charge is 2.35. The maximum atomic E-state index is 11.1. The Morgan fingerprint density at radius 3 is 1.71 bits per heavy atom. The lowest BCUT2D eigenvalue weighted by Crippen LogP contribution is -2.42. The molecule has 0 unspecified atom stereocenters. The summed E-state index contributed by atoms with van der Waals surface area (Å²) in [5.41, 5.74) is 0.435. The van der Waals surface area contributed by atoms with Crippen LogP contribution in [0.25, 0.3) is 0 Å². The number of ether oxygens (including phenoxy) is 3. The third-order valence-electron chi connectivity index (χ3n) is 3.93. The van der Waals surface area contributed by atoms with E-state index in [-0.39, 0.29) is 19.8 Å². The van der Waals surface area contributed by atoms with Crippen molar-refractivity contribution in [3.8, 4) is 0 Å². The van der Waals surface area contributed by atoms with Crippen LogP contribution in [-0.4, -0.2) is 61.6 Å². The molecule has 11 nitrogen and oxygen atoms in total. The molecule has 0 spiro atoms. The fraction of sp³-hybridized carbons (Fsp3) is 0.261. The molecule has 34 heavy (non-hydrogen) atoms. The Morgan fingerprint density at radius 2 is 1.35 bits per heavy atom. The molecule has 0 amide bonds. The number of isocyanates is 2. The second kappa shape index (κ2) is 16.2. The number of hydrogen-bond donors (Lipinski definition) is 1. The SMILES string of the molecule is C=CC(=O)OCC(CO)(COC(=O)C=C)COC(=O)C=C.Cc1ccc(N=C=O)cc1N=C=O. The van der Waals surface area contributed by atoms with Crippen LogP contribution in [0.4, 0.5) is 11.4 Å². The third kappa shape index (κ3) is 11.3. The number of nitrogens with zero attached hydrogens (tertiary/aromatic N) is 2. The number of carbonyl (C=O) groups excluding carboxylic acids is 5. The molecule has 1 aromatic carbocycles. The first-order chi connectivity index (χ1) is 16.2. The van der Waals surface area contributed by atoms with Crippen molar-refractivity contribution in [1.82, 2.24) is 0 Å². The van der Waals surface area contributed by atoms with Crippen molar-refractivity contribution in [1.29, 1.82) is 0 Å². The number of hydrogen-bond acceptors (Lipinski definition) is 11. The molecule has 0 heterocycles. The van der Waals surface area contributed by atoms with Crippen molar-refractivity contribution in [3.05, 3.63) is 61.7 Å². The summed E-state index contributed by atoms with van der Waals surface area (Å²) in [7, 11) is 0. The van der Waals surface area contributed by atoms with Crippen LogP contribution in [-0.2, 0) is 38.2 Å². The van der Waals surface area contributed by atoms with Crippen molar-refractivity contribution >= 4 is 41.4 Å². The first-order valence-corrected chi connectivity index (χ1v) is 9.45. The fourth-order valence-corrected chi connectivity index (χ4v) is 2.00. The number of rotatable bonds is 12. The number of carbonyl (C=O) groups is 3. The lowest BCUT2D eigenvalue weighted by molar-refractivity contribution is -0.159. The molecule has 0 radical (unpaired) electrons. The van der Waals surface area contributed by atoms with Crippen LogP contribution < -0.4 is 0 Å². The highest BCUT2D eigenvalue weighted by atomic mass is 16.6. The van der Waals surface area contributed by atoms with E-state index in [4.69, 9.17) is 14.2 Å². The third-order valence-corrected chi connectivity index (χ3v) is 3.93. The number of aliphatic hydroxyl groups excluding tert-OH is 1. The molecule has 1 aromatic rings. The summed E-state index contributed by atoms with van der Waals surface area (Å²) >= 11 is 0. The maximum Gasteiger partial charge on any atom is 0.330 e. The van der Waals surface area contributed by atoms with Crippen molar-refractivity contribution < 1.29 is 43.3 Å². The van der Waals surface area contributed by atoms with Crippen LogP contribution in [0.3, 0.4) is 0 Å². The van der Waals surface area contributed by atoms with Gasteiger partial charge in [-0.3, -0.25) is 0 Å². The van der Waals surface area contributed by atoms with E-state index in [1.807, 2.05) is 0 Å². The lowest BCUT2D eigenvalue weighted by atomic mass is 9.92. The van der Waals surface area contributed by atoms with Gasteiger partial charge in [-0.2, -0.15) is 9.98 Å². The van der Waals surface area contributed by atoms with Crippen molar-refractivity contribution in [2.45, 2.75) is 6.92 Å². The second-order valence-electron chi connectivity index (χ2n) is 6.47. The minimum Gasteiger partial charge on any atom is -0.462 e. The molecule has 0 fully saturated rings. The first-order valence-electron chi connectivity index (χ1n) is 9.45. The molecule has 1 N–H and O–H groups in total. The van der Waals surface area contributed by atoms with Crippen LogP contribution in [0.2, 0.25) is 0 Å². The summed E-state index contributed by atoms with van der Waals surface area (Å²) in [6.07, 6.45) is 5.65. The number of esters is 3. The zero-order chi connectivity index (χ0) is 26.0. The molecule has 11 heteroatoms. The van der Waals surface area contributed by atoms with Crippen LogP contribution >= 0.6 is 0 Å². The quantitative estimate of drug-likeness (QED) is 0.158. The van der Waals surface area contributed by atoms with E-state index in [2.05, 4.69) is 29.7 Å². The van der Waals surface area contributed by atoms with E-state index < -0.39 is 29.9 Å². The molecule has 0 saturated heterocycles. The number of benzene rings is 1. The Balaban J connectivity index is 0.000000712. The maximum absolute atomic E-state index is 11.1. The summed E-state index contributed by atoms with van der Waals surface area (Å²) in [5.74, 6) is -2.17. The minimum atomic E-state index is -1.28. The van der Waals surface area contributed by atoms with Gasteiger partial charge in [0.2, 0.25) is 12.2 Å². The van der Waals surface area contributed by atoms with E-state index in [1.165, 1.54) is 18.2 Å². The summed E-state index contributed by atoms with van der Waals surface area (Å²) in [6.45, 7) is 9.94. The Hall–Kier alpha value is -4.43. The van der Waals surface area contributed by atoms with Gasteiger partial charge in [-0.15, -0.1) is 0 Å². The molecule has 0 bridgehead atoms. The average Bonchev–Trinajstić information content (AvgIpc) is 2.85. The molecule has 1 rings (SSSR count). The molecule has 0 saturated carbocycles. The largest absolute Gasteiger partial charge is 0.462 e. The molecular weight excluding hydrogens is 448 g/mol. The van der Waals surface area contributed by atoms with Gasteiger partial charge in [0.15, 0.2) is 0 Å². The van der Waals surface area contributed by atoms with Crippen LogP contribution in [0.15, 0.2) is 66.1 Å². The van der Waals surface area contributed by atoms with Gasteiger partial charge in [-0.25, -0.2) is 24.0 Å². The number of aliphatic hydroxyl groups is 1.